The van der Waals surface area contributed by atoms with Crippen LogP contribution in [-0.4, -0.2) is 20.3 Å². The van der Waals surface area contributed by atoms with Gasteiger partial charge in [-0.25, -0.2) is 4.98 Å². The van der Waals surface area contributed by atoms with Crippen LogP contribution in [0.3, 0.4) is 0 Å². The van der Waals surface area contributed by atoms with Crippen molar-refractivity contribution in [1.29, 1.82) is 5.26 Å². The molecule has 3 rings (SSSR count). The highest BCUT2D eigenvalue weighted by Crippen LogP contribution is 2.29. The van der Waals surface area contributed by atoms with Crippen molar-refractivity contribution >= 4 is 0 Å². The fraction of sp³-hybridized carbons (Fsp3) is 0.182. The van der Waals surface area contributed by atoms with Gasteiger partial charge in [0.05, 0.1) is 24.6 Å². The summed E-state index contributed by atoms with van der Waals surface area (Å²) in [5.74, 6) is 5.53. The van der Waals surface area contributed by atoms with Gasteiger partial charge in [-0.2, -0.15) is 18.4 Å². The van der Waals surface area contributed by atoms with Crippen LogP contribution < -0.4 is 0 Å². The second-order valence-electron chi connectivity index (χ2n) is 6.54. The molecule has 1 atom stereocenters. The lowest BCUT2D eigenvalue weighted by atomic mass is 9.94. The molecule has 1 unspecified atom stereocenters. The minimum Gasteiger partial charge on any atom is -0.375 e. The highest BCUT2D eigenvalue weighted by atomic mass is 19.4. The fourth-order valence-corrected chi connectivity index (χ4v) is 2.83. The van der Waals surface area contributed by atoms with E-state index in [4.69, 9.17) is 0 Å². The second kappa shape index (κ2) is 8.22. The molecule has 1 heterocycles. The molecule has 4 nitrogen and oxygen atoms in total. The van der Waals surface area contributed by atoms with Crippen LogP contribution in [0.5, 0.6) is 0 Å². The van der Waals surface area contributed by atoms with E-state index in [0.29, 0.717) is 5.56 Å². The molecule has 0 bridgehead atoms. The summed E-state index contributed by atoms with van der Waals surface area (Å²) in [7, 11) is 0. The minimum absolute atomic E-state index is 0.0155. The predicted molar refractivity (Wildman–Crippen MR) is 100 cm³/mol. The number of imidazole rings is 1. The average Bonchev–Trinajstić information content (AvgIpc) is 3.13. The van der Waals surface area contributed by atoms with Crippen LogP contribution in [-0.2, 0) is 19.1 Å². The lowest BCUT2D eigenvalue weighted by molar-refractivity contribution is -0.137. The topological polar surface area (TPSA) is 61.8 Å². The first-order chi connectivity index (χ1) is 13.8. The Hall–Kier alpha value is -3.55. The Morgan fingerprint density at radius 2 is 1.72 bits per heavy atom. The summed E-state index contributed by atoms with van der Waals surface area (Å²) in [5, 5.41) is 20.4. The summed E-state index contributed by atoms with van der Waals surface area (Å²) < 4.78 is 39.6. The number of nitriles is 1. The van der Waals surface area contributed by atoms with Crippen molar-refractivity contribution in [2.75, 3.05) is 0 Å². The molecule has 0 aliphatic heterocycles. The molecule has 0 fully saturated rings. The maximum absolute atomic E-state index is 12.7. The van der Waals surface area contributed by atoms with E-state index in [0.717, 1.165) is 17.7 Å². The van der Waals surface area contributed by atoms with Crippen LogP contribution in [0.4, 0.5) is 13.2 Å². The lowest BCUT2D eigenvalue weighted by Crippen LogP contribution is -2.35. The highest BCUT2D eigenvalue weighted by molar-refractivity contribution is 5.39. The Morgan fingerprint density at radius 3 is 2.34 bits per heavy atom. The molecule has 0 amide bonds. The van der Waals surface area contributed by atoms with Crippen LogP contribution >= 0.6 is 0 Å². The molecule has 0 saturated heterocycles. The lowest BCUT2D eigenvalue weighted by Gasteiger charge is -2.23. The van der Waals surface area contributed by atoms with Crippen LogP contribution in [0.1, 0.15) is 22.4 Å². The van der Waals surface area contributed by atoms with Crippen molar-refractivity contribution in [2.45, 2.75) is 24.7 Å². The van der Waals surface area contributed by atoms with Crippen LogP contribution in [0.15, 0.2) is 67.1 Å². The molecular weight excluding hydrogens is 379 g/mol. The van der Waals surface area contributed by atoms with E-state index in [1.54, 1.807) is 0 Å². The smallest absolute Gasteiger partial charge is 0.375 e. The molecular formula is C22H16F3N3O. The van der Waals surface area contributed by atoms with E-state index in [1.165, 1.54) is 29.2 Å². The van der Waals surface area contributed by atoms with Gasteiger partial charge in [-0.05, 0) is 29.8 Å². The van der Waals surface area contributed by atoms with Crippen molar-refractivity contribution in [3.05, 3.63) is 89.5 Å². The van der Waals surface area contributed by atoms with Gasteiger partial charge in [-0.15, -0.1) is 0 Å². The molecule has 0 aliphatic rings. The molecule has 2 aromatic carbocycles. The first-order valence-electron chi connectivity index (χ1n) is 8.66. The summed E-state index contributed by atoms with van der Waals surface area (Å²) in [6, 6.07) is 15.6. The Kier molecular flexibility index (Phi) is 5.72. The van der Waals surface area contributed by atoms with Gasteiger partial charge in [0.25, 0.3) is 0 Å². The zero-order chi connectivity index (χ0) is 20.9. The third-order valence-corrected chi connectivity index (χ3v) is 4.25. The summed E-state index contributed by atoms with van der Waals surface area (Å²) in [6.45, 7) is -0.0155. The van der Waals surface area contributed by atoms with Gasteiger partial charge < -0.3 is 9.67 Å². The number of nitrogens with zero attached hydrogens (tertiary/aromatic N) is 3. The van der Waals surface area contributed by atoms with E-state index >= 15 is 0 Å². The molecule has 3 aromatic rings. The molecule has 146 valence electrons. The fourth-order valence-electron chi connectivity index (χ4n) is 2.83. The maximum atomic E-state index is 12.7. The van der Waals surface area contributed by atoms with Gasteiger partial charge in [0.15, 0.2) is 0 Å². The number of hydrogen-bond acceptors (Lipinski definition) is 3. The van der Waals surface area contributed by atoms with E-state index in [1.807, 2.05) is 36.4 Å². The third-order valence-electron chi connectivity index (χ3n) is 4.25. The number of alkyl halides is 3. The van der Waals surface area contributed by atoms with E-state index in [9.17, 15) is 23.5 Å². The van der Waals surface area contributed by atoms with Gasteiger partial charge in [0.2, 0.25) is 0 Å². The summed E-state index contributed by atoms with van der Waals surface area (Å²) in [6.07, 6.45) is -1.44. The van der Waals surface area contributed by atoms with Crippen LogP contribution in [0.25, 0.3) is 0 Å². The maximum Gasteiger partial charge on any atom is 0.416 e. The Bertz CT molecular complexity index is 1070. The summed E-state index contributed by atoms with van der Waals surface area (Å²) in [5.41, 5.74) is -0.880. The molecule has 0 radical (unpaired) electrons. The number of aromatic nitrogens is 2. The number of rotatable bonds is 4. The molecule has 29 heavy (non-hydrogen) atoms. The van der Waals surface area contributed by atoms with Gasteiger partial charge in [-0.3, -0.25) is 0 Å². The Morgan fingerprint density at radius 1 is 1.03 bits per heavy atom. The minimum atomic E-state index is -4.42. The van der Waals surface area contributed by atoms with Crippen molar-refractivity contribution in [3.63, 3.8) is 0 Å². The monoisotopic (exact) mass is 395 g/mol. The van der Waals surface area contributed by atoms with Crippen LogP contribution in [0, 0.1) is 23.2 Å². The van der Waals surface area contributed by atoms with Gasteiger partial charge in [-0.1, -0.05) is 42.2 Å². The molecule has 1 aromatic heterocycles. The first-order valence-corrected chi connectivity index (χ1v) is 8.66. The third kappa shape index (κ3) is 5.25. The quantitative estimate of drug-likeness (QED) is 0.684. The highest BCUT2D eigenvalue weighted by Gasteiger charge is 2.30. The van der Waals surface area contributed by atoms with Crippen molar-refractivity contribution < 1.29 is 18.3 Å². The van der Waals surface area contributed by atoms with Crippen molar-refractivity contribution in [1.82, 2.24) is 9.55 Å². The van der Waals surface area contributed by atoms with E-state index < -0.39 is 17.3 Å². The van der Waals surface area contributed by atoms with Crippen molar-refractivity contribution in [2.24, 2.45) is 0 Å². The SMILES string of the molecule is N#Cc1cncn1CC(O)(C#Cc1ccc(C(F)(F)F)cc1)Cc1ccccc1. The number of halogens is 3. The molecule has 0 spiro atoms. The largest absolute Gasteiger partial charge is 0.416 e. The zero-order valence-electron chi connectivity index (χ0n) is 15.2. The van der Waals surface area contributed by atoms with Gasteiger partial charge >= 0.3 is 6.18 Å². The van der Waals surface area contributed by atoms with Gasteiger partial charge in [0.1, 0.15) is 17.4 Å². The summed E-state index contributed by atoms with van der Waals surface area (Å²) >= 11 is 0. The normalized spacial score (nSPS) is 13.1. The van der Waals surface area contributed by atoms with Crippen molar-refractivity contribution in [3.8, 4) is 17.9 Å². The number of benzene rings is 2. The number of aliphatic hydroxyl groups is 1. The van der Waals surface area contributed by atoms with Gasteiger partial charge in [0, 0.05) is 12.0 Å². The van der Waals surface area contributed by atoms with E-state index in [-0.39, 0.29) is 18.7 Å². The van der Waals surface area contributed by atoms with E-state index in [2.05, 4.69) is 16.8 Å². The molecule has 7 heteroatoms. The Balaban J connectivity index is 1.91. The second-order valence-corrected chi connectivity index (χ2v) is 6.54. The molecule has 1 N–H and O–H groups in total. The molecule has 0 aliphatic carbocycles. The first kappa shape index (κ1) is 20.2. The average molecular weight is 395 g/mol. The zero-order valence-corrected chi connectivity index (χ0v) is 15.2. The summed E-state index contributed by atoms with van der Waals surface area (Å²) in [4.78, 5) is 3.91. The molecule has 0 saturated carbocycles. The number of hydrogen-bond donors (Lipinski definition) is 1. The predicted octanol–water partition coefficient (Wildman–Crippen LogP) is 3.80. The van der Waals surface area contributed by atoms with Crippen LogP contribution in [0.2, 0.25) is 0 Å². The Labute approximate surface area is 165 Å². The standard InChI is InChI=1S/C22H16F3N3O/c23-22(24,25)19-8-6-17(7-9-19)10-11-21(29,12-18-4-2-1-3-5-18)15-28-16-27-14-20(28)13-26/h1-9,14,16,29H,12,15H2.